The lowest BCUT2D eigenvalue weighted by atomic mass is 10.0. The Balaban J connectivity index is 1.23. The van der Waals surface area contributed by atoms with Gasteiger partial charge in [0.15, 0.2) is 5.78 Å². The van der Waals surface area contributed by atoms with Crippen molar-refractivity contribution in [2.75, 3.05) is 5.73 Å². The van der Waals surface area contributed by atoms with Gasteiger partial charge < -0.3 is 15.0 Å². The maximum Gasteiger partial charge on any atom is 0.173 e. The van der Waals surface area contributed by atoms with Crippen molar-refractivity contribution in [3.05, 3.63) is 81.4 Å². The van der Waals surface area contributed by atoms with Gasteiger partial charge in [-0.2, -0.15) is 0 Å². The number of anilines is 1. The van der Waals surface area contributed by atoms with Gasteiger partial charge in [-0.15, -0.1) is 11.3 Å². The molecule has 0 atom stereocenters. The van der Waals surface area contributed by atoms with Crippen molar-refractivity contribution >= 4 is 56.3 Å². The van der Waals surface area contributed by atoms with Crippen LogP contribution in [0.15, 0.2) is 61.1 Å². The highest BCUT2D eigenvalue weighted by Gasteiger charge is 2.15. The van der Waals surface area contributed by atoms with E-state index < -0.39 is 0 Å². The first-order valence-electron chi connectivity index (χ1n) is 10.5. The maximum atomic E-state index is 12.8. The van der Waals surface area contributed by atoms with E-state index in [-0.39, 0.29) is 5.78 Å². The molecule has 2 N–H and O–H groups in total. The normalized spacial score (nSPS) is 11.3. The van der Waals surface area contributed by atoms with Gasteiger partial charge in [-0.1, -0.05) is 29.8 Å². The molecule has 0 saturated carbocycles. The molecule has 0 saturated heterocycles. The van der Waals surface area contributed by atoms with Gasteiger partial charge in [0, 0.05) is 31.1 Å². The van der Waals surface area contributed by atoms with Crippen LogP contribution in [0.1, 0.15) is 26.5 Å². The molecule has 166 valence electrons. The molecule has 0 spiro atoms. The summed E-state index contributed by atoms with van der Waals surface area (Å²) in [6.45, 7) is 0.301. The van der Waals surface area contributed by atoms with Gasteiger partial charge >= 0.3 is 0 Å². The summed E-state index contributed by atoms with van der Waals surface area (Å²) in [6, 6.07) is 15.4. The molecular formula is C25H21ClN4O2S. The third-order valence-corrected chi connectivity index (χ3v) is 7.20. The lowest BCUT2D eigenvalue weighted by molar-refractivity contribution is 0.0986. The minimum absolute atomic E-state index is 0.0670. The summed E-state index contributed by atoms with van der Waals surface area (Å²) in [7, 11) is 1.95. The monoisotopic (exact) mass is 476 g/mol. The highest BCUT2D eigenvalue weighted by molar-refractivity contribution is 7.14. The predicted octanol–water partition coefficient (Wildman–Crippen LogP) is 5.81. The van der Waals surface area contributed by atoms with Gasteiger partial charge in [0.05, 0.1) is 32.1 Å². The molecule has 3 aromatic heterocycles. The van der Waals surface area contributed by atoms with Gasteiger partial charge in [0.2, 0.25) is 0 Å². The topological polar surface area (TPSA) is 83.0 Å². The van der Waals surface area contributed by atoms with Crippen LogP contribution >= 0.6 is 22.9 Å². The van der Waals surface area contributed by atoms with Crippen LogP contribution in [0.5, 0.6) is 5.75 Å². The number of aromatic nitrogens is 3. The molecule has 8 heteroatoms. The van der Waals surface area contributed by atoms with Crippen molar-refractivity contribution in [1.82, 2.24) is 14.5 Å². The molecular weight excluding hydrogens is 456 g/mol. The third-order valence-electron chi connectivity index (χ3n) is 5.60. The molecule has 3 heterocycles. The number of pyridine rings is 1. The number of carbonyl (C=O) groups is 1. The summed E-state index contributed by atoms with van der Waals surface area (Å²) in [5.74, 6) is 1.29. The number of benzene rings is 2. The number of rotatable bonds is 7. The van der Waals surface area contributed by atoms with E-state index in [1.165, 1.54) is 11.3 Å². The van der Waals surface area contributed by atoms with Crippen molar-refractivity contribution in [3.63, 3.8) is 0 Å². The summed E-state index contributed by atoms with van der Waals surface area (Å²) >= 11 is 7.78. The van der Waals surface area contributed by atoms with E-state index in [0.717, 1.165) is 32.2 Å². The smallest absolute Gasteiger partial charge is 0.173 e. The number of imidazole rings is 1. The van der Waals surface area contributed by atoms with Gasteiger partial charge in [0.25, 0.3) is 0 Å². The molecule has 0 radical (unpaired) electrons. The number of nitrogens with two attached hydrogens (primary N) is 1. The van der Waals surface area contributed by atoms with Crippen LogP contribution in [0, 0.1) is 0 Å². The average molecular weight is 477 g/mol. The van der Waals surface area contributed by atoms with E-state index in [1.807, 2.05) is 48.0 Å². The van der Waals surface area contributed by atoms with Crippen LogP contribution in [0.4, 0.5) is 5.82 Å². The second kappa shape index (κ2) is 8.84. The molecule has 6 nitrogen and oxygen atoms in total. The molecule has 0 amide bonds. The minimum atomic E-state index is 0.0670. The molecule has 0 unspecified atom stereocenters. The van der Waals surface area contributed by atoms with Crippen LogP contribution in [-0.4, -0.2) is 20.3 Å². The number of halogens is 1. The Morgan fingerprint density at radius 1 is 1.15 bits per heavy atom. The zero-order valence-corrected chi connectivity index (χ0v) is 19.5. The Morgan fingerprint density at radius 2 is 2.03 bits per heavy atom. The van der Waals surface area contributed by atoms with Crippen molar-refractivity contribution in [3.8, 4) is 5.75 Å². The lowest BCUT2D eigenvalue weighted by Gasteiger charge is -2.05. The summed E-state index contributed by atoms with van der Waals surface area (Å²) in [6.07, 6.45) is 4.51. The number of fused-ring (bicyclic) bond motifs is 2. The lowest BCUT2D eigenvalue weighted by Crippen LogP contribution is -1.99. The minimum Gasteiger partial charge on any atom is -0.488 e. The summed E-state index contributed by atoms with van der Waals surface area (Å²) < 4.78 is 7.87. The second-order valence-electron chi connectivity index (χ2n) is 7.85. The Bertz CT molecular complexity index is 1490. The first-order valence-corrected chi connectivity index (χ1v) is 11.7. The fraction of sp³-hybridized carbons (Fsp3) is 0.160. The quantitative estimate of drug-likeness (QED) is 0.299. The number of aryl methyl sites for hydroxylation is 2. The van der Waals surface area contributed by atoms with E-state index in [0.29, 0.717) is 40.9 Å². The van der Waals surface area contributed by atoms with Crippen molar-refractivity contribution in [2.24, 2.45) is 7.05 Å². The molecule has 5 rings (SSSR count). The van der Waals surface area contributed by atoms with Gasteiger partial charge in [-0.3, -0.25) is 4.79 Å². The standard InChI is InChI=1S/C25H21ClN4O2S/c1-30-14-29-20-11-17(4-6-21(20)30)32-13-24-19(26)12-23(33-24)22(31)7-3-15-2-5-18-16(10-15)8-9-28-25(18)27/h2,4-6,8-12,14H,3,7,13H2,1H3,(H2,27,28). The van der Waals surface area contributed by atoms with E-state index in [9.17, 15) is 4.79 Å². The molecule has 0 aliphatic carbocycles. The second-order valence-corrected chi connectivity index (χ2v) is 9.40. The van der Waals surface area contributed by atoms with Crippen LogP contribution in [0.2, 0.25) is 5.02 Å². The Kier molecular flexibility index (Phi) is 5.74. The molecule has 0 bridgehead atoms. The SMILES string of the molecule is Cn1cnc2cc(OCc3sc(C(=O)CCc4ccc5c(N)nccc5c4)cc3Cl)ccc21. The van der Waals surface area contributed by atoms with Crippen molar-refractivity contribution < 1.29 is 9.53 Å². The first-order chi connectivity index (χ1) is 16.0. The maximum absolute atomic E-state index is 12.8. The number of Topliss-reactive ketones (excluding diaryl/α,β-unsaturated/α-hetero) is 1. The molecule has 0 fully saturated rings. The van der Waals surface area contributed by atoms with Crippen LogP contribution in [0.3, 0.4) is 0 Å². The summed E-state index contributed by atoms with van der Waals surface area (Å²) in [5.41, 5.74) is 8.91. The van der Waals surface area contributed by atoms with Gasteiger partial charge in [-0.25, -0.2) is 9.97 Å². The van der Waals surface area contributed by atoms with Gasteiger partial charge in [0.1, 0.15) is 18.2 Å². The average Bonchev–Trinajstić information content (AvgIpc) is 3.38. The number of hydrogen-bond donors (Lipinski definition) is 1. The van der Waals surface area contributed by atoms with E-state index in [1.54, 1.807) is 18.6 Å². The predicted molar refractivity (Wildman–Crippen MR) is 133 cm³/mol. The zero-order valence-electron chi connectivity index (χ0n) is 17.9. The number of nitrogen functional groups attached to an aromatic ring is 1. The number of hydrogen-bond acceptors (Lipinski definition) is 6. The molecule has 0 aliphatic rings. The van der Waals surface area contributed by atoms with Crippen LogP contribution < -0.4 is 10.5 Å². The summed E-state index contributed by atoms with van der Waals surface area (Å²) in [4.78, 5) is 22.7. The van der Waals surface area contributed by atoms with E-state index in [2.05, 4.69) is 16.0 Å². The highest BCUT2D eigenvalue weighted by atomic mass is 35.5. The largest absolute Gasteiger partial charge is 0.488 e. The molecule has 5 aromatic rings. The Labute approximate surface area is 199 Å². The first kappa shape index (κ1) is 21.4. The fourth-order valence-corrected chi connectivity index (χ4v) is 5.06. The number of ether oxygens (including phenoxy) is 1. The number of ketones is 1. The third kappa shape index (κ3) is 4.42. The fourth-order valence-electron chi connectivity index (χ4n) is 3.78. The van der Waals surface area contributed by atoms with E-state index >= 15 is 0 Å². The van der Waals surface area contributed by atoms with E-state index in [4.69, 9.17) is 22.1 Å². The van der Waals surface area contributed by atoms with Gasteiger partial charge in [-0.05, 0) is 41.6 Å². The summed E-state index contributed by atoms with van der Waals surface area (Å²) in [5, 5.41) is 2.50. The van der Waals surface area contributed by atoms with Crippen LogP contribution in [0.25, 0.3) is 21.8 Å². The zero-order chi connectivity index (χ0) is 22.9. The van der Waals surface area contributed by atoms with Crippen molar-refractivity contribution in [1.29, 1.82) is 0 Å². The number of carbonyl (C=O) groups excluding carboxylic acids is 1. The number of thiophene rings is 1. The van der Waals surface area contributed by atoms with Crippen LogP contribution in [-0.2, 0) is 20.1 Å². The molecule has 0 aliphatic heterocycles. The molecule has 33 heavy (non-hydrogen) atoms. The number of nitrogens with zero attached hydrogens (tertiary/aromatic N) is 3. The Hall–Kier alpha value is -3.42. The highest BCUT2D eigenvalue weighted by Crippen LogP contribution is 2.30. The molecule has 2 aromatic carbocycles. The van der Waals surface area contributed by atoms with Crippen molar-refractivity contribution in [2.45, 2.75) is 19.4 Å². The Morgan fingerprint density at radius 3 is 2.91 bits per heavy atom.